The predicted molar refractivity (Wildman–Crippen MR) is 85.1 cm³/mol. The van der Waals surface area contributed by atoms with E-state index in [4.69, 9.17) is 23.2 Å². The van der Waals surface area contributed by atoms with Gasteiger partial charge in [0, 0.05) is 6.42 Å². The zero-order chi connectivity index (χ0) is 16.2. The van der Waals surface area contributed by atoms with E-state index in [0.717, 1.165) is 5.56 Å². The molecule has 0 unspecified atom stereocenters. The Morgan fingerprint density at radius 1 is 1.24 bits per heavy atom. The molecule has 4 nitrogen and oxygen atoms in total. The molecule has 0 aromatic heterocycles. The fourth-order valence-electron chi connectivity index (χ4n) is 2.14. The number of anilines is 1. The molecule has 0 aliphatic carbocycles. The molecule has 0 fully saturated rings. The SMILES string of the molecule is CCC(CC)(CC(=O)Nc1c(Cl)ccc(C)c1Cl)C(=O)O. The number of carboxylic acids is 1. The number of amides is 1. The smallest absolute Gasteiger partial charge is 0.310 e. The summed E-state index contributed by atoms with van der Waals surface area (Å²) in [5.41, 5.74) is 0.0500. The summed E-state index contributed by atoms with van der Waals surface area (Å²) in [6.07, 6.45) is 0.638. The highest BCUT2D eigenvalue weighted by Crippen LogP contribution is 2.35. The van der Waals surface area contributed by atoms with Gasteiger partial charge < -0.3 is 10.4 Å². The van der Waals surface area contributed by atoms with E-state index in [2.05, 4.69) is 5.32 Å². The van der Waals surface area contributed by atoms with Crippen LogP contribution >= 0.6 is 23.2 Å². The van der Waals surface area contributed by atoms with E-state index in [1.54, 1.807) is 32.9 Å². The van der Waals surface area contributed by atoms with Gasteiger partial charge in [-0.05, 0) is 31.4 Å². The van der Waals surface area contributed by atoms with Crippen LogP contribution in [0.4, 0.5) is 5.69 Å². The van der Waals surface area contributed by atoms with Crippen LogP contribution in [-0.2, 0) is 9.59 Å². The van der Waals surface area contributed by atoms with E-state index in [9.17, 15) is 14.7 Å². The first kappa shape index (κ1) is 17.8. The number of hydrogen-bond donors (Lipinski definition) is 2. The molecule has 1 rings (SSSR count). The molecule has 1 amide bonds. The first-order valence-corrected chi connectivity index (χ1v) is 7.50. The quantitative estimate of drug-likeness (QED) is 0.805. The summed E-state index contributed by atoms with van der Waals surface area (Å²) in [6.45, 7) is 5.32. The molecule has 0 bridgehead atoms. The number of carbonyl (C=O) groups is 2. The van der Waals surface area contributed by atoms with Crippen LogP contribution in [0.25, 0.3) is 0 Å². The Labute approximate surface area is 134 Å². The van der Waals surface area contributed by atoms with Crippen LogP contribution in [-0.4, -0.2) is 17.0 Å². The van der Waals surface area contributed by atoms with E-state index in [-0.39, 0.29) is 6.42 Å². The van der Waals surface area contributed by atoms with Gasteiger partial charge >= 0.3 is 5.97 Å². The van der Waals surface area contributed by atoms with E-state index in [1.807, 2.05) is 0 Å². The highest BCUT2D eigenvalue weighted by Gasteiger charge is 2.37. The molecule has 0 radical (unpaired) electrons. The van der Waals surface area contributed by atoms with Crippen LogP contribution < -0.4 is 5.32 Å². The minimum absolute atomic E-state index is 0.115. The number of aryl methyl sites for hydroxylation is 1. The number of nitrogens with one attached hydrogen (secondary N) is 1. The maximum absolute atomic E-state index is 12.2. The van der Waals surface area contributed by atoms with Crippen molar-refractivity contribution in [1.29, 1.82) is 0 Å². The number of aliphatic carboxylic acids is 1. The molecule has 2 N–H and O–H groups in total. The zero-order valence-corrected chi connectivity index (χ0v) is 13.8. The van der Waals surface area contributed by atoms with Gasteiger partial charge in [0.25, 0.3) is 0 Å². The van der Waals surface area contributed by atoms with Crippen LogP contribution in [0.3, 0.4) is 0 Å². The third kappa shape index (κ3) is 3.89. The molecule has 0 saturated carbocycles. The molecular weight excluding hydrogens is 313 g/mol. The summed E-state index contributed by atoms with van der Waals surface area (Å²) >= 11 is 12.2. The van der Waals surface area contributed by atoms with Crippen molar-refractivity contribution in [1.82, 2.24) is 0 Å². The summed E-state index contributed by atoms with van der Waals surface area (Å²) in [4.78, 5) is 23.6. The highest BCUT2D eigenvalue weighted by atomic mass is 35.5. The lowest BCUT2D eigenvalue weighted by atomic mass is 9.79. The van der Waals surface area contributed by atoms with Gasteiger partial charge in [-0.3, -0.25) is 9.59 Å². The second-order valence-electron chi connectivity index (χ2n) is 5.07. The second kappa shape index (κ2) is 7.14. The highest BCUT2D eigenvalue weighted by molar-refractivity contribution is 6.40. The van der Waals surface area contributed by atoms with Crippen LogP contribution in [0.2, 0.25) is 10.0 Å². The van der Waals surface area contributed by atoms with E-state index in [1.165, 1.54) is 0 Å². The second-order valence-corrected chi connectivity index (χ2v) is 5.86. The Kier molecular flexibility index (Phi) is 6.05. The van der Waals surface area contributed by atoms with Crippen LogP contribution in [0.1, 0.15) is 38.7 Å². The topological polar surface area (TPSA) is 66.4 Å². The lowest BCUT2D eigenvalue weighted by Gasteiger charge is -2.26. The Morgan fingerprint density at radius 2 is 1.81 bits per heavy atom. The van der Waals surface area contributed by atoms with Gasteiger partial charge in [0.2, 0.25) is 5.91 Å². The minimum atomic E-state index is -1.06. The number of benzene rings is 1. The molecule has 1 aromatic rings. The van der Waals surface area contributed by atoms with Crippen molar-refractivity contribution in [3.05, 3.63) is 27.7 Å². The average molecular weight is 332 g/mol. The summed E-state index contributed by atoms with van der Waals surface area (Å²) < 4.78 is 0. The molecule has 6 heteroatoms. The number of carbonyl (C=O) groups excluding carboxylic acids is 1. The van der Waals surface area contributed by atoms with Crippen molar-refractivity contribution in [2.24, 2.45) is 5.41 Å². The molecule has 1 aromatic carbocycles. The van der Waals surface area contributed by atoms with Crippen molar-refractivity contribution >= 4 is 40.8 Å². The van der Waals surface area contributed by atoms with Crippen molar-refractivity contribution < 1.29 is 14.7 Å². The average Bonchev–Trinajstić information content (AvgIpc) is 2.45. The third-order valence-electron chi connectivity index (χ3n) is 3.85. The Bertz CT molecular complexity index is 554. The molecular formula is C15H19Cl2NO3. The molecule has 0 saturated heterocycles. The van der Waals surface area contributed by atoms with Crippen LogP contribution in [0, 0.1) is 12.3 Å². The van der Waals surface area contributed by atoms with Crippen molar-refractivity contribution in [2.75, 3.05) is 5.32 Å². The van der Waals surface area contributed by atoms with Gasteiger partial charge in [-0.2, -0.15) is 0 Å². The zero-order valence-electron chi connectivity index (χ0n) is 12.3. The maximum atomic E-state index is 12.2. The minimum Gasteiger partial charge on any atom is -0.481 e. The number of halogens is 2. The van der Waals surface area contributed by atoms with Gasteiger partial charge in [0.1, 0.15) is 0 Å². The van der Waals surface area contributed by atoms with Gasteiger partial charge in [-0.15, -0.1) is 0 Å². The molecule has 116 valence electrons. The van der Waals surface area contributed by atoms with E-state index in [0.29, 0.717) is 28.6 Å². The molecule has 21 heavy (non-hydrogen) atoms. The van der Waals surface area contributed by atoms with Crippen molar-refractivity contribution in [2.45, 2.75) is 40.0 Å². The third-order valence-corrected chi connectivity index (χ3v) is 4.66. The molecule has 0 atom stereocenters. The molecule has 0 aliphatic heterocycles. The maximum Gasteiger partial charge on any atom is 0.310 e. The molecule has 0 heterocycles. The standard InChI is InChI=1S/C15H19Cl2NO3/c1-4-15(5-2,14(20)21)8-11(19)18-13-10(16)7-6-9(3)12(13)17/h6-7H,4-5,8H2,1-3H3,(H,18,19)(H,20,21). The Morgan fingerprint density at radius 3 is 2.29 bits per heavy atom. The number of hydrogen-bond acceptors (Lipinski definition) is 2. The predicted octanol–water partition coefficient (Wildman–Crippen LogP) is 4.52. The Balaban J connectivity index is 2.97. The fraction of sp³-hybridized carbons (Fsp3) is 0.467. The molecule has 0 aliphatic rings. The number of rotatable bonds is 6. The first-order chi connectivity index (χ1) is 9.77. The number of carboxylic acid groups (broad SMARTS) is 1. The van der Waals surface area contributed by atoms with Gasteiger partial charge in [0.05, 0.1) is 21.1 Å². The van der Waals surface area contributed by atoms with Gasteiger partial charge in [-0.25, -0.2) is 0 Å². The first-order valence-electron chi connectivity index (χ1n) is 6.75. The normalized spacial score (nSPS) is 11.3. The lowest BCUT2D eigenvalue weighted by molar-refractivity contribution is -0.151. The summed E-state index contributed by atoms with van der Waals surface area (Å²) in [7, 11) is 0. The van der Waals surface area contributed by atoms with Crippen molar-refractivity contribution in [3.63, 3.8) is 0 Å². The van der Waals surface area contributed by atoms with E-state index < -0.39 is 17.3 Å². The Hall–Kier alpha value is -1.26. The van der Waals surface area contributed by atoms with Crippen molar-refractivity contribution in [3.8, 4) is 0 Å². The van der Waals surface area contributed by atoms with Crippen LogP contribution in [0.5, 0.6) is 0 Å². The van der Waals surface area contributed by atoms with E-state index >= 15 is 0 Å². The fourth-order valence-corrected chi connectivity index (χ4v) is 2.61. The summed E-state index contributed by atoms with van der Waals surface area (Å²) in [5, 5.41) is 12.7. The summed E-state index contributed by atoms with van der Waals surface area (Å²) in [6, 6.07) is 3.39. The molecule has 0 spiro atoms. The summed E-state index contributed by atoms with van der Waals surface area (Å²) in [5.74, 6) is -1.38. The largest absolute Gasteiger partial charge is 0.481 e. The monoisotopic (exact) mass is 331 g/mol. The van der Waals surface area contributed by atoms with Crippen LogP contribution in [0.15, 0.2) is 12.1 Å². The lowest BCUT2D eigenvalue weighted by Crippen LogP contribution is -2.34. The van der Waals surface area contributed by atoms with Gasteiger partial charge in [0.15, 0.2) is 0 Å². The van der Waals surface area contributed by atoms with Gasteiger partial charge in [-0.1, -0.05) is 43.1 Å².